The van der Waals surface area contributed by atoms with Gasteiger partial charge in [0, 0.05) is 11.9 Å². The fraction of sp³-hybridized carbons (Fsp3) is 0.938. The summed E-state index contributed by atoms with van der Waals surface area (Å²) in [5.41, 5.74) is 5.27. The Morgan fingerprint density at radius 3 is 0.787 bits per heavy atom. The molecular weight excluding hydrogens is 807 g/mol. The van der Waals surface area contributed by atoms with Gasteiger partial charge in [0.1, 0.15) is 12.1 Å². The third-order valence-electron chi connectivity index (χ3n) is 10.2. The zero-order chi connectivity index (χ0) is 46.5. The third kappa shape index (κ3) is 80.2. The molecule has 0 aromatic rings. The van der Waals surface area contributed by atoms with Crippen LogP contribution >= 0.6 is 0 Å². The Bertz CT molecular complexity index is 792. The first-order chi connectivity index (χ1) is 28.7. The van der Waals surface area contributed by atoms with Crippen LogP contribution in [0.15, 0.2) is 0 Å². The molecule has 0 fully saturated rings. The SMILES string of the molecule is CC(O)CO.CCC(C)C(N)C(=O)O.CCCCCCCCCCCCCCCCCC(=O)[O-].CCCCCCCCCCCCCCCCCC(=O)[O-].OCC(O)CO.[Ca+2]. The van der Waals surface area contributed by atoms with Crippen LogP contribution in [0.3, 0.4) is 0 Å². The van der Waals surface area contributed by atoms with Gasteiger partial charge >= 0.3 is 43.7 Å². The number of aliphatic hydroxyl groups is 5. The fourth-order valence-electron chi connectivity index (χ4n) is 5.84. The van der Waals surface area contributed by atoms with Gasteiger partial charge in [0.05, 0.1) is 25.9 Å². The van der Waals surface area contributed by atoms with E-state index in [1.165, 1.54) is 174 Å². The van der Waals surface area contributed by atoms with Gasteiger partial charge < -0.3 is 56.2 Å². The zero-order valence-corrected chi connectivity index (χ0v) is 42.5. The van der Waals surface area contributed by atoms with Crippen molar-refractivity contribution in [3.05, 3.63) is 0 Å². The van der Waals surface area contributed by atoms with Crippen LogP contribution in [0.4, 0.5) is 0 Å². The molecule has 0 aliphatic rings. The maximum absolute atomic E-state index is 10.2. The van der Waals surface area contributed by atoms with Gasteiger partial charge in [0.25, 0.3) is 0 Å². The second-order valence-corrected chi connectivity index (χ2v) is 16.4. The monoisotopic (exact) mass is 906 g/mol. The summed E-state index contributed by atoms with van der Waals surface area (Å²) in [7, 11) is 0. The summed E-state index contributed by atoms with van der Waals surface area (Å²) in [5, 5.41) is 68.8. The summed E-state index contributed by atoms with van der Waals surface area (Å²) in [6.07, 6.45) is 39.0. The summed E-state index contributed by atoms with van der Waals surface area (Å²) >= 11 is 0. The number of hydrogen-bond donors (Lipinski definition) is 7. The summed E-state index contributed by atoms with van der Waals surface area (Å²) in [4.78, 5) is 30.6. The molecule has 12 nitrogen and oxygen atoms in total. The fourth-order valence-corrected chi connectivity index (χ4v) is 5.84. The van der Waals surface area contributed by atoms with Crippen LogP contribution in [0.2, 0.25) is 0 Å². The number of carbonyl (C=O) groups excluding carboxylic acids is 2. The molecule has 0 aliphatic carbocycles. The molecule has 0 radical (unpaired) electrons. The normalized spacial score (nSPS) is 11.8. The van der Waals surface area contributed by atoms with Gasteiger partial charge in [-0.1, -0.05) is 214 Å². The molecule has 0 spiro atoms. The second-order valence-electron chi connectivity index (χ2n) is 16.4. The molecule has 0 aromatic carbocycles. The van der Waals surface area contributed by atoms with Crippen molar-refractivity contribution in [1.82, 2.24) is 0 Å². The van der Waals surface area contributed by atoms with Crippen molar-refractivity contribution in [2.24, 2.45) is 11.7 Å². The molecule has 364 valence electrons. The van der Waals surface area contributed by atoms with E-state index in [4.69, 9.17) is 36.4 Å². The van der Waals surface area contributed by atoms with E-state index >= 15 is 0 Å². The molecule has 0 aromatic heterocycles. The Morgan fingerprint density at radius 1 is 0.459 bits per heavy atom. The average Bonchev–Trinajstić information content (AvgIpc) is 3.23. The van der Waals surface area contributed by atoms with E-state index in [0.29, 0.717) is 0 Å². The molecule has 0 heterocycles. The summed E-state index contributed by atoms with van der Waals surface area (Å²) in [6.45, 7) is 8.95. The molecule has 0 amide bonds. The van der Waals surface area contributed by atoms with Crippen LogP contribution in [0.25, 0.3) is 0 Å². The number of carbonyl (C=O) groups is 3. The van der Waals surface area contributed by atoms with Crippen molar-refractivity contribution >= 4 is 55.6 Å². The Labute approximate surface area is 404 Å². The van der Waals surface area contributed by atoms with Gasteiger partial charge in [0.15, 0.2) is 0 Å². The van der Waals surface area contributed by atoms with Crippen molar-refractivity contribution < 1.29 is 55.2 Å². The Balaban J connectivity index is -0.000000171. The van der Waals surface area contributed by atoms with Gasteiger partial charge in [-0.3, -0.25) is 4.79 Å². The largest absolute Gasteiger partial charge is 2.00 e. The summed E-state index contributed by atoms with van der Waals surface area (Å²) < 4.78 is 0. The number of aliphatic hydroxyl groups excluding tert-OH is 5. The van der Waals surface area contributed by atoms with Gasteiger partial charge in [0.2, 0.25) is 0 Å². The summed E-state index contributed by atoms with van der Waals surface area (Å²) in [5.74, 6) is -2.65. The van der Waals surface area contributed by atoms with Crippen molar-refractivity contribution in [2.75, 3.05) is 19.8 Å². The van der Waals surface area contributed by atoms with Crippen LogP contribution in [0, 0.1) is 5.92 Å². The molecule has 0 saturated carbocycles. The van der Waals surface area contributed by atoms with E-state index in [-0.39, 0.29) is 76.3 Å². The van der Waals surface area contributed by atoms with Crippen molar-refractivity contribution in [3.63, 3.8) is 0 Å². The Kier molecular flexibility index (Phi) is 75.3. The Hall–Kier alpha value is -0.570. The molecule has 3 unspecified atom stereocenters. The molecule has 3 atom stereocenters. The first-order valence-electron chi connectivity index (χ1n) is 24.3. The van der Waals surface area contributed by atoms with Crippen molar-refractivity contribution in [2.45, 2.75) is 265 Å². The number of carboxylic acids is 3. The van der Waals surface area contributed by atoms with E-state index in [1.54, 1.807) is 0 Å². The van der Waals surface area contributed by atoms with Crippen LogP contribution in [0.5, 0.6) is 0 Å². The first-order valence-corrected chi connectivity index (χ1v) is 24.3. The topological polar surface area (TPSA) is 245 Å². The molecule has 8 N–H and O–H groups in total. The number of carboxylic acid groups (broad SMARTS) is 3. The minimum absolute atomic E-state index is 0. The standard InChI is InChI=1S/2C18H36O2.C6H13NO2.C3H8O3.C3H8O2.Ca/c2*1-2-3-4-5-6-7-8-9-10-11-12-13-14-15-16-17-18(19)20;1-3-4(2)5(7)6(8)9;4-1-3(6)2-5;1-3(5)2-4;/h2*2-17H2,1H3,(H,19,20);4-5H,3,7H2,1-2H3,(H,8,9);3-6H,1-2H2;3-5H,2H2,1H3;/q;;;;;+2/p-2. The predicted molar refractivity (Wildman–Crippen MR) is 249 cm³/mol. The Morgan fingerprint density at radius 2 is 0.672 bits per heavy atom. The first kappa shape index (κ1) is 72.0. The maximum atomic E-state index is 10.2. The number of aliphatic carboxylic acids is 3. The molecule has 13 heteroatoms. The van der Waals surface area contributed by atoms with Crippen LogP contribution < -0.4 is 15.9 Å². The van der Waals surface area contributed by atoms with Gasteiger partial charge in [-0.25, -0.2) is 0 Å². The van der Waals surface area contributed by atoms with Crippen molar-refractivity contribution in [3.8, 4) is 0 Å². The third-order valence-corrected chi connectivity index (χ3v) is 10.2. The molecular formula is C48H99CaNO11. The van der Waals surface area contributed by atoms with E-state index in [9.17, 15) is 24.6 Å². The average molecular weight is 906 g/mol. The molecule has 0 rings (SSSR count). The summed E-state index contributed by atoms with van der Waals surface area (Å²) in [6, 6.07) is -0.699. The van der Waals surface area contributed by atoms with Gasteiger partial charge in [-0.2, -0.15) is 0 Å². The number of rotatable bonds is 38. The van der Waals surface area contributed by atoms with Gasteiger partial charge in [-0.05, 0) is 38.5 Å². The van der Waals surface area contributed by atoms with Gasteiger partial charge in [-0.15, -0.1) is 0 Å². The maximum Gasteiger partial charge on any atom is 2.00 e. The quantitative estimate of drug-likeness (QED) is 0.0232. The molecule has 0 aliphatic heterocycles. The minimum Gasteiger partial charge on any atom is -0.550 e. The van der Waals surface area contributed by atoms with E-state index in [1.807, 2.05) is 13.8 Å². The van der Waals surface area contributed by atoms with Crippen LogP contribution in [0.1, 0.15) is 247 Å². The molecule has 0 bridgehead atoms. The van der Waals surface area contributed by atoms with Crippen LogP contribution in [-0.4, -0.2) is 124 Å². The van der Waals surface area contributed by atoms with Crippen molar-refractivity contribution in [1.29, 1.82) is 0 Å². The smallest absolute Gasteiger partial charge is 0.550 e. The zero-order valence-electron chi connectivity index (χ0n) is 40.3. The number of hydrogen-bond acceptors (Lipinski definition) is 11. The number of nitrogens with two attached hydrogens (primary N) is 1. The molecule has 61 heavy (non-hydrogen) atoms. The number of unbranched alkanes of at least 4 members (excludes halogenated alkanes) is 28. The predicted octanol–water partition coefficient (Wildman–Crippen LogP) is 7.75. The van der Waals surface area contributed by atoms with E-state index in [0.717, 1.165) is 32.1 Å². The van der Waals surface area contributed by atoms with E-state index in [2.05, 4.69) is 13.8 Å². The molecule has 0 saturated heterocycles. The second kappa shape index (κ2) is 63.7. The minimum atomic E-state index is -0.954. The van der Waals surface area contributed by atoms with Crippen LogP contribution in [-0.2, 0) is 14.4 Å². The van der Waals surface area contributed by atoms with E-state index < -0.39 is 36.2 Å².